The highest BCUT2D eigenvalue weighted by atomic mass is 16.2. The number of carbonyl (C=O) groups excluding carboxylic acids is 1. The molecule has 2 aromatic carbocycles. The number of carbonyl (C=O) groups is 1. The largest absolute Gasteiger partial charge is 0.356 e. The molecular weight excluding hydrogens is 374 g/mol. The Bertz CT molecular complexity index is 1090. The Morgan fingerprint density at radius 2 is 1.83 bits per heavy atom. The molecule has 1 aliphatic rings. The summed E-state index contributed by atoms with van der Waals surface area (Å²) in [4.78, 5) is 25.6. The van der Waals surface area contributed by atoms with Gasteiger partial charge in [0.25, 0.3) is 0 Å². The van der Waals surface area contributed by atoms with Crippen molar-refractivity contribution in [1.82, 2.24) is 9.97 Å². The molecule has 1 atom stereocenters. The zero-order valence-corrected chi connectivity index (χ0v) is 18.0. The van der Waals surface area contributed by atoms with Crippen LogP contribution in [0.25, 0.3) is 11.3 Å². The van der Waals surface area contributed by atoms with Gasteiger partial charge in [-0.2, -0.15) is 0 Å². The number of nitrogens with one attached hydrogen (secondary N) is 1. The lowest BCUT2D eigenvalue weighted by molar-refractivity contribution is -0.119. The second kappa shape index (κ2) is 7.78. The number of nitrogens with zero attached hydrogens (tertiary/aromatic N) is 4. The number of aryl methyl sites for hydroxylation is 1. The van der Waals surface area contributed by atoms with E-state index in [1.165, 1.54) is 5.56 Å². The molecule has 154 valence electrons. The van der Waals surface area contributed by atoms with Crippen molar-refractivity contribution in [3.63, 3.8) is 0 Å². The maximum absolute atomic E-state index is 12.6. The molecule has 0 radical (unpaired) electrons. The number of rotatable bonds is 4. The van der Waals surface area contributed by atoms with Gasteiger partial charge in [0.2, 0.25) is 11.9 Å². The fourth-order valence-corrected chi connectivity index (χ4v) is 4.10. The Morgan fingerprint density at radius 1 is 1.07 bits per heavy atom. The zero-order valence-electron chi connectivity index (χ0n) is 18.0. The van der Waals surface area contributed by atoms with Crippen molar-refractivity contribution >= 4 is 28.9 Å². The molecular formula is C24H27N5O. The number of anilines is 4. The van der Waals surface area contributed by atoms with Crippen LogP contribution in [0.2, 0.25) is 0 Å². The van der Waals surface area contributed by atoms with Gasteiger partial charge >= 0.3 is 0 Å². The predicted octanol–water partition coefficient (Wildman–Crippen LogP) is 4.78. The predicted molar refractivity (Wildman–Crippen MR) is 122 cm³/mol. The van der Waals surface area contributed by atoms with Gasteiger partial charge in [-0.05, 0) is 57.5 Å². The number of hydrogen-bond acceptors (Lipinski definition) is 5. The van der Waals surface area contributed by atoms with Crippen molar-refractivity contribution in [2.24, 2.45) is 0 Å². The Balaban J connectivity index is 1.68. The summed E-state index contributed by atoms with van der Waals surface area (Å²) in [5.74, 6) is 0.645. The fourth-order valence-electron chi connectivity index (χ4n) is 4.10. The van der Waals surface area contributed by atoms with E-state index in [0.717, 1.165) is 28.3 Å². The van der Waals surface area contributed by atoms with E-state index in [9.17, 15) is 4.79 Å². The van der Waals surface area contributed by atoms with Crippen molar-refractivity contribution in [2.45, 2.75) is 39.8 Å². The maximum Gasteiger partial charge on any atom is 0.249 e. The molecule has 1 aliphatic heterocycles. The summed E-state index contributed by atoms with van der Waals surface area (Å²) in [6.07, 6.45) is 1.77. The zero-order chi connectivity index (χ0) is 21.4. The lowest BCUT2D eigenvalue weighted by Crippen LogP contribution is -2.53. The lowest BCUT2D eigenvalue weighted by atomic mass is 10.0. The summed E-state index contributed by atoms with van der Waals surface area (Å²) >= 11 is 0. The third-order valence-corrected chi connectivity index (χ3v) is 5.61. The van der Waals surface area contributed by atoms with Crippen molar-refractivity contribution in [3.8, 4) is 11.3 Å². The molecule has 0 spiro atoms. The molecule has 0 saturated heterocycles. The van der Waals surface area contributed by atoms with Gasteiger partial charge in [-0.25, -0.2) is 9.97 Å². The molecule has 0 saturated carbocycles. The van der Waals surface area contributed by atoms with Gasteiger partial charge in [0.1, 0.15) is 6.04 Å². The first-order valence-corrected chi connectivity index (χ1v) is 10.2. The van der Waals surface area contributed by atoms with Crippen LogP contribution in [0.4, 0.5) is 23.0 Å². The van der Waals surface area contributed by atoms with Crippen LogP contribution >= 0.6 is 0 Å². The number of aromatic nitrogens is 2. The number of hydrogen-bond donors (Lipinski definition) is 1. The Hall–Kier alpha value is -3.41. The summed E-state index contributed by atoms with van der Waals surface area (Å²) in [7, 11) is 1.83. The fraction of sp³-hybridized carbons (Fsp3) is 0.292. The van der Waals surface area contributed by atoms with Crippen molar-refractivity contribution in [3.05, 3.63) is 60.3 Å². The number of fused-ring (bicyclic) bond motifs is 1. The van der Waals surface area contributed by atoms with Gasteiger partial charge in [-0.15, -0.1) is 0 Å². The van der Waals surface area contributed by atoms with Gasteiger partial charge in [-0.1, -0.05) is 24.3 Å². The van der Waals surface area contributed by atoms with E-state index in [1.54, 1.807) is 11.1 Å². The topological polar surface area (TPSA) is 61.4 Å². The molecule has 30 heavy (non-hydrogen) atoms. The van der Waals surface area contributed by atoms with Gasteiger partial charge in [-0.3, -0.25) is 4.79 Å². The van der Waals surface area contributed by atoms with Crippen LogP contribution in [0, 0.1) is 6.92 Å². The van der Waals surface area contributed by atoms with Crippen LogP contribution in [-0.2, 0) is 4.79 Å². The van der Waals surface area contributed by atoms with Crippen LogP contribution in [0.15, 0.2) is 54.7 Å². The SMILES string of the molecule is Cc1ccccc1-c1ccnc(Nc2ccc3c(c2)N(C(C)C)C(C)C(=O)N3C)n1. The van der Waals surface area contributed by atoms with Crippen LogP contribution in [-0.4, -0.2) is 35.0 Å². The highest BCUT2D eigenvalue weighted by molar-refractivity contribution is 6.05. The van der Waals surface area contributed by atoms with Gasteiger partial charge < -0.3 is 15.1 Å². The standard InChI is InChI=1S/C24H27N5O/c1-15(2)29-17(4)23(30)28(5)21-11-10-18(14-22(21)29)26-24-25-13-12-20(27-24)19-9-7-6-8-16(19)3/h6-15,17H,1-5H3,(H,25,26,27). The Morgan fingerprint density at radius 3 is 2.57 bits per heavy atom. The van der Waals surface area contributed by atoms with Crippen LogP contribution in [0.3, 0.4) is 0 Å². The summed E-state index contributed by atoms with van der Waals surface area (Å²) in [6, 6.07) is 16.1. The molecule has 0 fully saturated rings. The number of likely N-dealkylation sites (N-methyl/N-ethyl adjacent to an activating group) is 1. The highest BCUT2D eigenvalue weighted by Crippen LogP contribution is 2.39. The lowest BCUT2D eigenvalue weighted by Gasteiger charge is -2.42. The van der Waals surface area contributed by atoms with E-state index in [2.05, 4.69) is 54.2 Å². The smallest absolute Gasteiger partial charge is 0.249 e. The van der Waals surface area contributed by atoms with Crippen LogP contribution in [0.1, 0.15) is 26.3 Å². The third kappa shape index (κ3) is 3.49. The van der Waals surface area contributed by atoms with E-state index in [1.807, 2.05) is 44.3 Å². The monoisotopic (exact) mass is 401 g/mol. The first-order chi connectivity index (χ1) is 14.4. The van der Waals surface area contributed by atoms with E-state index in [0.29, 0.717) is 5.95 Å². The molecule has 4 rings (SSSR count). The molecule has 6 nitrogen and oxygen atoms in total. The van der Waals surface area contributed by atoms with E-state index in [-0.39, 0.29) is 18.0 Å². The van der Waals surface area contributed by atoms with Crippen molar-refractivity contribution < 1.29 is 4.79 Å². The molecule has 1 unspecified atom stereocenters. The average Bonchev–Trinajstić information content (AvgIpc) is 2.72. The number of benzene rings is 2. The first kappa shape index (κ1) is 19.9. The van der Waals surface area contributed by atoms with Crippen molar-refractivity contribution in [1.29, 1.82) is 0 Å². The molecule has 1 aromatic heterocycles. The third-order valence-electron chi connectivity index (χ3n) is 5.61. The second-order valence-corrected chi connectivity index (χ2v) is 7.98. The summed E-state index contributed by atoms with van der Waals surface area (Å²) < 4.78 is 0. The summed E-state index contributed by atoms with van der Waals surface area (Å²) in [6.45, 7) is 8.24. The molecule has 3 aromatic rings. The quantitative estimate of drug-likeness (QED) is 0.682. The average molecular weight is 402 g/mol. The summed E-state index contributed by atoms with van der Waals surface area (Å²) in [5.41, 5.74) is 5.97. The summed E-state index contributed by atoms with van der Waals surface area (Å²) in [5, 5.41) is 3.33. The van der Waals surface area contributed by atoms with Crippen LogP contribution < -0.4 is 15.1 Å². The molecule has 0 bridgehead atoms. The first-order valence-electron chi connectivity index (χ1n) is 10.2. The van der Waals surface area contributed by atoms with E-state index < -0.39 is 0 Å². The Labute approximate surface area is 177 Å². The molecule has 0 aliphatic carbocycles. The van der Waals surface area contributed by atoms with Crippen molar-refractivity contribution in [2.75, 3.05) is 22.2 Å². The minimum Gasteiger partial charge on any atom is -0.356 e. The minimum atomic E-state index is -0.210. The second-order valence-electron chi connectivity index (χ2n) is 7.98. The highest BCUT2D eigenvalue weighted by Gasteiger charge is 2.34. The maximum atomic E-state index is 12.6. The minimum absolute atomic E-state index is 0.103. The Kier molecular flexibility index (Phi) is 5.16. The molecule has 1 amide bonds. The van der Waals surface area contributed by atoms with Gasteiger partial charge in [0, 0.05) is 30.5 Å². The van der Waals surface area contributed by atoms with E-state index >= 15 is 0 Å². The molecule has 1 N–H and O–H groups in total. The normalized spacial score (nSPS) is 16.1. The van der Waals surface area contributed by atoms with Gasteiger partial charge in [0.05, 0.1) is 17.1 Å². The molecule has 6 heteroatoms. The van der Waals surface area contributed by atoms with Gasteiger partial charge in [0.15, 0.2) is 0 Å². The number of amides is 1. The molecule has 2 heterocycles. The van der Waals surface area contributed by atoms with Crippen LogP contribution in [0.5, 0.6) is 0 Å². The van der Waals surface area contributed by atoms with E-state index in [4.69, 9.17) is 4.98 Å².